The van der Waals surface area contributed by atoms with Crippen molar-refractivity contribution in [3.8, 4) is 0 Å². The summed E-state index contributed by atoms with van der Waals surface area (Å²) >= 11 is 0. The Morgan fingerprint density at radius 3 is 2.71 bits per heavy atom. The minimum atomic E-state index is -0.334. The van der Waals surface area contributed by atoms with E-state index in [1.54, 1.807) is 12.1 Å². The van der Waals surface area contributed by atoms with Gasteiger partial charge in [-0.25, -0.2) is 4.79 Å². The average Bonchev–Trinajstić information content (AvgIpc) is 3.00. The molecule has 0 radical (unpaired) electrons. The van der Waals surface area contributed by atoms with Crippen molar-refractivity contribution in [3.05, 3.63) is 29.3 Å². The highest BCUT2D eigenvalue weighted by atomic mass is 16.5. The molecule has 1 fully saturated rings. The van der Waals surface area contributed by atoms with E-state index in [0.717, 1.165) is 5.56 Å². The van der Waals surface area contributed by atoms with Crippen molar-refractivity contribution in [2.45, 2.75) is 18.8 Å². The lowest BCUT2D eigenvalue weighted by molar-refractivity contribution is 0.0601. The van der Waals surface area contributed by atoms with Crippen molar-refractivity contribution in [2.75, 3.05) is 12.8 Å². The van der Waals surface area contributed by atoms with Crippen molar-refractivity contribution >= 4 is 11.7 Å². The van der Waals surface area contributed by atoms with Gasteiger partial charge in [-0.3, -0.25) is 0 Å². The minimum absolute atomic E-state index is 0.334. The number of carbonyl (C=O) groups excluding carboxylic acids is 1. The van der Waals surface area contributed by atoms with Crippen LogP contribution in [0.1, 0.15) is 34.7 Å². The highest BCUT2D eigenvalue weighted by molar-refractivity contribution is 5.90. The third-order valence-corrected chi connectivity index (χ3v) is 2.53. The number of nitrogen functional groups attached to an aromatic ring is 1. The number of rotatable bonds is 2. The van der Waals surface area contributed by atoms with Crippen molar-refractivity contribution in [1.82, 2.24) is 0 Å². The van der Waals surface area contributed by atoms with E-state index in [1.165, 1.54) is 20.0 Å². The Morgan fingerprint density at radius 1 is 1.50 bits per heavy atom. The zero-order valence-electron chi connectivity index (χ0n) is 8.12. The van der Waals surface area contributed by atoms with Gasteiger partial charge in [0.15, 0.2) is 0 Å². The molecule has 0 heterocycles. The molecule has 0 amide bonds. The molecule has 0 bridgehead atoms. The van der Waals surface area contributed by atoms with Gasteiger partial charge in [-0.15, -0.1) is 0 Å². The van der Waals surface area contributed by atoms with Crippen molar-refractivity contribution in [3.63, 3.8) is 0 Å². The first-order chi connectivity index (χ1) is 6.72. The maximum absolute atomic E-state index is 11.2. The Kier molecular flexibility index (Phi) is 2.15. The lowest BCUT2D eigenvalue weighted by Gasteiger charge is -2.05. The zero-order chi connectivity index (χ0) is 10.1. The summed E-state index contributed by atoms with van der Waals surface area (Å²) in [6, 6.07) is 5.40. The van der Waals surface area contributed by atoms with E-state index in [0.29, 0.717) is 17.2 Å². The van der Waals surface area contributed by atoms with Crippen LogP contribution in [0, 0.1) is 0 Å². The van der Waals surface area contributed by atoms with Crippen LogP contribution in [-0.2, 0) is 4.74 Å². The number of hydrogen-bond donors (Lipinski definition) is 1. The number of nitrogens with two attached hydrogens (primary N) is 1. The molecule has 1 aromatic carbocycles. The van der Waals surface area contributed by atoms with Gasteiger partial charge in [0.05, 0.1) is 12.7 Å². The van der Waals surface area contributed by atoms with E-state index in [9.17, 15) is 4.79 Å². The van der Waals surface area contributed by atoms with Crippen LogP contribution in [0.15, 0.2) is 18.2 Å². The molecule has 0 spiro atoms. The summed E-state index contributed by atoms with van der Waals surface area (Å²) in [6.45, 7) is 0. The van der Waals surface area contributed by atoms with E-state index in [-0.39, 0.29) is 5.97 Å². The fourth-order valence-corrected chi connectivity index (χ4v) is 1.59. The summed E-state index contributed by atoms with van der Waals surface area (Å²) in [6.07, 6.45) is 2.42. The largest absolute Gasteiger partial charge is 0.465 e. The van der Waals surface area contributed by atoms with Gasteiger partial charge < -0.3 is 10.5 Å². The summed E-state index contributed by atoms with van der Waals surface area (Å²) < 4.78 is 4.61. The number of anilines is 1. The molecular formula is C11H13NO2. The summed E-state index contributed by atoms with van der Waals surface area (Å²) in [5.74, 6) is 0.278. The lowest BCUT2D eigenvalue weighted by Crippen LogP contribution is -2.03. The highest BCUT2D eigenvalue weighted by Gasteiger charge is 2.25. The molecule has 74 valence electrons. The molecule has 0 aliphatic heterocycles. The first-order valence-electron chi connectivity index (χ1n) is 4.70. The molecule has 3 nitrogen and oxygen atoms in total. The van der Waals surface area contributed by atoms with Gasteiger partial charge in [0.2, 0.25) is 0 Å². The molecule has 0 unspecified atom stereocenters. The molecule has 1 saturated carbocycles. The van der Waals surface area contributed by atoms with Gasteiger partial charge in [0, 0.05) is 5.69 Å². The number of hydrogen-bond acceptors (Lipinski definition) is 3. The van der Waals surface area contributed by atoms with Crippen LogP contribution in [0.25, 0.3) is 0 Å². The second kappa shape index (κ2) is 3.33. The van der Waals surface area contributed by atoms with E-state index in [4.69, 9.17) is 5.73 Å². The lowest BCUT2D eigenvalue weighted by atomic mass is 10.1. The van der Waals surface area contributed by atoms with Crippen LogP contribution in [-0.4, -0.2) is 13.1 Å². The molecule has 2 N–H and O–H groups in total. The molecule has 14 heavy (non-hydrogen) atoms. The third kappa shape index (κ3) is 1.58. The van der Waals surface area contributed by atoms with Crippen LogP contribution >= 0.6 is 0 Å². The van der Waals surface area contributed by atoms with E-state index in [2.05, 4.69) is 4.74 Å². The Labute approximate surface area is 82.9 Å². The Balaban J connectivity index is 2.30. The number of esters is 1. The Bertz CT molecular complexity index is 370. The third-order valence-electron chi connectivity index (χ3n) is 2.53. The van der Waals surface area contributed by atoms with Gasteiger partial charge in [-0.2, -0.15) is 0 Å². The van der Waals surface area contributed by atoms with Crippen LogP contribution in [0.2, 0.25) is 0 Å². The van der Waals surface area contributed by atoms with Crippen LogP contribution in [0.5, 0.6) is 0 Å². The minimum Gasteiger partial charge on any atom is -0.465 e. The number of ether oxygens (including phenoxy) is 1. The van der Waals surface area contributed by atoms with E-state index < -0.39 is 0 Å². The molecule has 0 saturated heterocycles. The predicted molar refractivity (Wildman–Crippen MR) is 54.2 cm³/mol. The summed E-state index contributed by atoms with van der Waals surface area (Å²) in [4.78, 5) is 11.2. The molecular weight excluding hydrogens is 178 g/mol. The standard InChI is InChI=1S/C11H13NO2/c1-14-11(13)8-4-5-9(7-2-3-7)10(12)6-8/h4-7H,2-3,12H2,1H3. The van der Waals surface area contributed by atoms with Gasteiger partial charge >= 0.3 is 5.97 Å². The van der Waals surface area contributed by atoms with E-state index in [1.807, 2.05) is 6.07 Å². The van der Waals surface area contributed by atoms with Crippen molar-refractivity contribution in [2.24, 2.45) is 0 Å². The summed E-state index contributed by atoms with van der Waals surface area (Å²) in [7, 11) is 1.37. The van der Waals surface area contributed by atoms with Gasteiger partial charge in [0.25, 0.3) is 0 Å². The Hall–Kier alpha value is -1.51. The molecule has 0 atom stereocenters. The fourth-order valence-electron chi connectivity index (χ4n) is 1.59. The van der Waals surface area contributed by atoms with E-state index >= 15 is 0 Å². The molecule has 3 heteroatoms. The molecule has 1 aromatic rings. The summed E-state index contributed by atoms with van der Waals surface area (Å²) in [5.41, 5.74) is 8.24. The van der Waals surface area contributed by atoms with Crippen LogP contribution < -0.4 is 5.73 Å². The van der Waals surface area contributed by atoms with Crippen molar-refractivity contribution in [1.29, 1.82) is 0 Å². The highest BCUT2D eigenvalue weighted by Crippen LogP contribution is 2.42. The quantitative estimate of drug-likeness (QED) is 0.574. The summed E-state index contributed by atoms with van der Waals surface area (Å²) in [5, 5.41) is 0. The second-order valence-electron chi connectivity index (χ2n) is 3.61. The maximum Gasteiger partial charge on any atom is 0.337 e. The first-order valence-corrected chi connectivity index (χ1v) is 4.70. The monoisotopic (exact) mass is 191 g/mol. The average molecular weight is 191 g/mol. The smallest absolute Gasteiger partial charge is 0.337 e. The SMILES string of the molecule is COC(=O)c1ccc(C2CC2)c(N)c1. The zero-order valence-corrected chi connectivity index (χ0v) is 8.12. The molecule has 1 aliphatic rings. The Morgan fingerprint density at radius 2 is 2.21 bits per heavy atom. The number of carbonyl (C=O) groups is 1. The molecule has 2 rings (SSSR count). The maximum atomic E-state index is 11.2. The predicted octanol–water partition coefficient (Wildman–Crippen LogP) is 1.93. The normalized spacial score (nSPS) is 15.2. The van der Waals surface area contributed by atoms with Gasteiger partial charge in [0.1, 0.15) is 0 Å². The second-order valence-corrected chi connectivity index (χ2v) is 3.61. The topological polar surface area (TPSA) is 52.3 Å². The van der Waals surface area contributed by atoms with Crippen LogP contribution in [0.4, 0.5) is 5.69 Å². The molecule has 1 aliphatic carbocycles. The number of benzene rings is 1. The van der Waals surface area contributed by atoms with Gasteiger partial charge in [-0.05, 0) is 36.5 Å². The van der Waals surface area contributed by atoms with Gasteiger partial charge in [-0.1, -0.05) is 6.07 Å². The van der Waals surface area contributed by atoms with Crippen molar-refractivity contribution < 1.29 is 9.53 Å². The fraction of sp³-hybridized carbons (Fsp3) is 0.364. The molecule has 0 aromatic heterocycles. The van der Waals surface area contributed by atoms with Crippen LogP contribution in [0.3, 0.4) is 0 Å². The number of methoxy groups -OCH3 is 1. The first kappa shape index (κ1) is 9.06.